The Morgan fingerprint density at radius 3 is 2.71 bits per heavy atom. The zero-order valence-corrected chi connectivity index (χ0v) is 8.61. The maximum atomic E-state index is 10.7. The highest BCUT2D eigenvalue weighted by molar-refractivity contribution is 5.69. The molecule has 1 heterocycles. The molecule has 0 spiro atoms. The molecule has 1 aromatic heterocycles. The Kier molecular flexibility index (Phi) is 3.17. The molecule has 4 heteroatoms. The molecule has 1 aromatic rings. The molecular weight excluding hydrogens is 180 g/mol. The predicted molar refractivity (Wildman–Crippen MR) is 52.0 cm³/mol. The molecule has 0 radical (unpaired) electrons. The molecule has 1 unspecified atom stereocenters. The topological polar surface area (TPSA) is 63.1 Å². The molecule has 14 heavy (non-hydrogen) atoms. The first-order chi connectivity index (χ1) is 6.52. The predicted octanol–water partition coefficient (Wildman–Crippen LogP) is 1.36. The zero-order valence-electron chi connectivity index (χ0n) is 8.61. The van der Waals surface area contributed by atoms with Crippen LogP contribution >= 0.6 is 0 Å². The van der Waals surface area contributed by atoms with Crippen LogP contribution in [-0.4, -0.2) is 21.0 Å². The second kappa shape index (κ2) is 4.17. The van der Waals surface area contributed by atoms with Crippen LogP contribution in [0, 0.1) is 19.8 Å². The molecular formula is C10H14N2O2. The van der Waals surface area contributed by atoms with Gasteiger partial charge in [-0.3, -0.25) is 4.79 Å². The minimum atomic E-state index is -0.791. The van der Waals surface area contributed by atoms with Gasteiger partial charge >= 0.3 is 5.97 Å². The van der Waals surface area contributed by atoms with E-state index in [2.05, 4.69) is 9.97 Å². The molecule has 0 aliphatic carbocycles. The van der Waals surface area contributed by atoms with Gasteiger partial charge in [0.15, 0.2) is 0 Å². The molecule has 0 saturated heterocycles. The normalized spacial score (nSPS) is 12.5. The number of nitrogens with zero attached hydrogens (tertiary/aromatic N) is 2. The van der Waals surface area contributed by atoms with Crippen LogP contribution in [0.2, 0.25) is 0 Å². The fraction of sp³-hybridized carbons (Fsp3) is 0.500. The molecule has 0 saturated carbocycles. The van der Waals surface area contributed by atoms with Gasteiger partial charge in [0.05, 0.1) is 5.92 Å². The molecule has 1 atom stereocenters. The van der Waals surface area contributed by atoms with Crippen LogP contribution in [0.3, 0.4) is 0 Å². The third-order valence-corrected chi connectivity index (χ3v) is 2.36. The van der Waals surface area contributed by atoms with Crippen molar-refractivity contribution in [3.8, 4) is 0 Å². The number of carboxylic acid groups (broad SMARTS) is 1. The Morgan fingerprint density at radius 1 is 1.50 bits per heavy atom. The SMILES string of the molecule is Cc1ncnc(CC(C)C(=O)O)c1C. The highest BCUT2D eigenvalue weighted by atomic mass is 16.4. The summed E-state index contributed by atoms with van der Waals surface area (Å²) in [5.74, 6) is -1.19. The zero-order chi connectivity index (χ0) is 10.7. The van der Waals surface area contributed by atoms with E-state index < -0.39 is 11.9 Å². The van der Waals surface area contributed by atoms with Crippen LogP contribution < -0.4 is 0 Å². The van der Waals surface area contributed by atoms with E-state index in [0.717, 1.165) is 17.0 Å². The van der Waals surface area contributed by atoms with E-state index in [4.69, 9.17) is 5.11 Å². The van der Waals surface area contributed by atoms with Crippen LogP contribution in [0.25, 0.3) is 0 Å². The van der Waals surface area contributed by atoms with Crippen LogP contribution in [0.15, 0.2) is 6.33 Å². The first kappa shape index (κ1) is 10.6. The highest BCUT2D eigenvalue weighted by Crippen LogP contribution is 2.12. The average molecular weight is 194 g/mol. The van der Waals surface area contributed by atoms with Gasteiger partial charge in [-0.1, -0.05) is 6.92 Å². The first-order valence-corrected chi connectivity index (χ1v) is 4.52. The van der Waals surface area contributed by atoms with Gasteiger partial charge in [0.25, 0.3) is 0 Å². The minimum Gasteiger partial charge on any atom is -0.481 e. The van der Waals surface area contributed by atoms with Gasteiger partial charge < -0.3 is 5.11 Å². The molecule has 1 rings (SSSR count). The van der Waals surface area contributed by atoms with Crippen LogP contribution in [0.5, 0.6) is 0 Å². The summed E-state index contributed by atoms with van der Waals surface area (Å²) in [6.07, 6.45) is 1.94. The molecule has 0 aliphatic rings. The van der Waals surface area contributed by atoms with Crippen molar-refractivity contribution in [2.75, 3.05) is 0 Å². The number of hydrogen-bond donors (Lipinski definition) is 1. The number of aromatic nitrogens is 2. The van der Waals surface area contributed by atoms with Gasteiger partial charge in [0.2, 0.25) is 0 Å². The van der Waals surface area contributed by atoms with Crippen LogP contribution in [0.1, 0.15) is 23.9 Å². The van der Waals surface area contributed by atoms with Gasteiger partial charge in [0, 0.05) is 17.8 Å². The maximum absolute atomic E-state index is 10.7. The van der Waals surface area contributed by atoms with Gasteiger partial charge in [-0.15, -0.1) is 0 Å². The quantitative estimate of drug-likeness (QED) is 0.789. The fourth-order valence-electron chi connectivity index (χ4n) is 1.17. The summed E-state index contributed by atoms with van der Waals surface area (Å²) in [4.78, 5) is 18.8. The van der Waals surface area contributed by atoms with Crippen molar-refractivity contribution in [3.05, 3.63) is 23.3 Å². The van der Waals surface area contributed by atoms with Crippen molar-refractivity contribution >= 4 is 5.97 Å². The summed E-state index contributed by atoms with van der Waals surface area (Å²) < 4.78 is 0. The van der Waals surface area contributed by atoms with E-state index in [-0.39, 0.29) is 0 Å². The monoisotopic (exact) mass is 194 g/mol. The van der Waals surface area contributed by atoms with Crippen molar-refractivity contribution < 1.29 is 9.90 Å². The van der Waals surface area contributed by atoms with Gasteiger partial charge in [-0.25, -0.2) is 9.97 Å². The smallest absolute Gasteiger partial charge is 0.306 e. The summed E-state index contributed by atoms with van der Waals surface area (Å²) in [5.41, 5.74) is 2.72. The summed E-state index contributed by atoms with van der Waals surface area (Å²) in [7, 11) is 0. The molecule has 1 N–H and O–H groups in total. The second-order valence-corrected chi connectivity index (χ2v) is 3.47. The molecule has 0 amide bonds. The van der Waals surface area contributed by atoms with Gasteiger partial charge in [-0.05, 0) is 19.4 Å². The largest absolute Gasteiger partial charge is 0.481 e. The van der Waals surface area contributed by atoms with E-state index in [0.29, 0.717) is 6.42 Å². The van der Waals surface area contributed by atoms with Crippen molar-refractivity contribution in [1.29, 1.82) is 0 Å². The number of aryl methyl sites for hydroxylation is 1. The maximum Gasteiger partial charge on any atom is 0.306 e. The first-order valence-electron chi connectivity index (χ1n) is 4.52. The number of rotatable bonds is 3. The average Bonchev–Trinajstić information content (AvgIpc) is 2.12. The van der Waals surface area contributed by atoms with Gasteiger partial charge in [-0.2, -0.15) is 0 Å². The van der Waals surface area contributed by atoms with E-state index >= 15 is 0 Å². The molecule has 0 aromatic carbocycles. The molecule has 0 aliphatic heterocycles. The number of hydrogen-bond acceptors (Lipinski definition) is 3. The molecule has 76 valence electrons. The van der Waals surface area contributed by atoms with Crippen LogP contribution in [0.4, 0.5) is 0 Å². The number of carboxylic acids is 1. The Balaban J connectivity index is 2.87. The standard InChI is InChI=1S/C10H14N2O2/c1-6(10(13)14)4-9-7(2)8(3)11-5-12-9/h5-6H,4H2,1-3H3,(H,13,14). The Bertz CT molecular complexity index is 350. The Labute approximate surface area is 83.0 Å². The van der Waals surface area contributed by atoms with Crippen molar-refractivity contribution in [1.82, 2.24) is 9.97 Å². The van der Waals surface area contributed by atoms with Crippen molar-refractivity contribution in [2.45, 2.75) is 27.2 Å². The highest BCUT2D eigenvalue weighted by Gasteiger charge is 2.14. The molecule has 4 nitrogen and oxygen atoms in total. The third kappa shape index (κ3) is 2.28. The van der Waals surface area contributed by atoms with E-state index in [1.54, 1.807) is 6.92 Å². The van der Waals surface area contributed by atoms with Crippen molar-refractivity contribution in [3.63, 3.8) is 0 Å². The summed E-state index contributed by atoms with van der Waals surface area (Å²) in [6.45, 7) is 5.49. The number of aliphatic carboxylic acids is 1. The second-order valence-electron chi connectivity index (χ2n) is 3.47. The minimum absolute atomic E-state index is 0.400. The lowest BCUT2D eigenvalue weighted by molar-refractivity contribution is -0.141. The number of carbonyl (C=O) groups is 1. The van der Waals surface area contributed by atoms with E-state index in [9.17, 15) is 4.79 Å². The Morgan fingerprint density at radius 2 is 2.14 bits per heavy atom. The third-order valence-electron chi connectivity index (χ3n) is 2.36. The van der Waals surface area contributed by atoms with E-state index in [1.165, 1.54) is 6.33 Å². The Hall–Kier alpha value is -1.45. The summed E-state index contributed by atoms with van der Waals surface area (Å²) in [6, 6.07) is 0. The summed E-state index contributed by atoms with van der Waals surface area (Å²) >= 11 is 0. The van der Waals surface area contributed by atoms with Crippen LogP contribution in [-0.2, 0) is 11.2 Å². The van der Waals surface area contributed by atoms with E-state index in [1.807, 2.05) is 13.8 Å². The van der Waals surface area contributed by atoms with Gasteiger partial charge in [0.1, 0.15) is 6.33 Å². The molecule has 0 bridgehead atoms. The lowest BCUT2D eigenvalue weighted by atomic mass is 10.0. The molecule has 0 fully saturated rings. The van der Waals surface area contributed by atoms with Crippen molar-refractivity contribution in [2.24, 2.45) is 5.92 Å². The lowest BCUT2D eigenvalue weighted by Crippen LogP contribution is -2.14. The fourth-order valence-corrected chi connectivity index (χ4v) is 1.17. The lowest BCUT2D eigenvalue weighted by Gasteiger charge is -2.08. The summed E-state index contributed by atoms with van der Waals surface area (Å²) in [5, 5.41) is 8.76.